The average molecular weight is 351 g/mol. The minimum absolute atomic E-state index is 0.000120. The summed E-state index contributed by atoms with van der Waals surface area (Å²) in [7, 11) is 0. The van der Waals surface area contributed by atoms with E-state index in [0.29, 0.717) is 23.2 Å². The molecule has 3 heterocycles. The Morgan fingerprint density at radius 3 is 2.92 bits per heavy atom. The maximum atomic E-state index is 12.4. The van der Waals surface area contributed by atoms with Gasteiger partial charge in [0.05, 0.1) is 29.2 Å². The molecule has 0 amide bonds. The van der Waals surface area contributed by atoms with E-state index in [-0.39, 0.29) is 17.1 Å². The van der Waals surface area contributed by atoms with Crippen LogP contribution in [0.4, 0.5) is 0 Å². The SMILES string of the molecule is O=C(O)c1cnn(-c2nc3ccc(ON4C=CC=CC4)cc3c(=O)[nH]2)c1. The molecule has 0 atom stereocenters. The van der Waals surface area contributed by atoms with Crippen molar-refractivity contribution in [1.29, 1.82) is 0 Å². The van der Waals surface area contributed by atoms with Crippen molar-refractivity contribution in [1.82, 2.24) is 24.8 Å². The maximum Gasteiger partial charge on any atom is 0.338 e. The van der Waals surface area contributed by atoms with Gasteiger partial charge < -0.3 is 9.94 Å². The molecule has 9 nitrogen and oxygen atoms in total. The number of aromatic amines is 1. The van der Waals surface area contributed by atoms with Gasteiger partial charge in [-0.25, -0.2) is 19.5 Å². The molecule has 2 aromatic heterocycles. The van der Waals surface area contributed by atoms with Crippen molar-refractivity contribution in [2.45, 2.75) is 0 Å². The lowest BCUT2D eigenvalue weighted by Crippen LogP contribution is -2.23. The number of hydroxylamine groups is 2. The third-order valence-corrected chi connectivity index (χ3v) is 3.72. The highest BCUT2D eigenvalue weighted by Crippen LogP contribution is 2.19. The number of hydrogen-bond donors (Lipinski definition) is 2. The second-order valence-corrected chi connectivity index (χ2v) is 5.51. The molecule has 1 aromatic carbocycles. The minimum Gasteiger partial charge on any atom is -0.478 e. The van der Waals surface area contributed by atoms with Gasteiger partial charge in [-0.15, -0.1) is 0 Å². The Labute approximate surface area is 146 Å². The van der Waals surface area contributed by atoms with Gasteiger partial charge >= 0.3 is 5.97 Å². The number of aromatic carboxylic acids is 1. The van der Waals surface area contributed by atoms with Crippen molar-refractivity contribution in [3.05, 3.63) is 70.9 Å². The van der Waals surface area contributed by atoms with Crippen LogP contribution in [0.15, 0.2) is 59.8 Å². The maximum absolute atomic E-state index is 12.4. The average Bonchev–Trinajstić information content (AvgIpc) is 3.13. The number of benzene rings is 1. The Bertz CT molecular complexity index is 1110. The summed E-state index contributed by atoms with van der Waals surface area (Å²) in [5.74, 6) is -0.472. The highest BCUT2D eigenvalue weighted by atomic mass is 16.7. The van der Waals surface area contributed by atoms with Crippen molar-refractivity contribution in [3.8, 4) is 11.7 Å². The molecule has 0 aliphatic carbocycles. The fourth-order valence-corrected chi connectivity index (χ4v) is 2.47. The second kappa shape index (κ2) is 6.20. The summed E-state index contributed by atoms with van der Waals surface area (Å²) in [6.45, 7) is 0.604. The quantitative estimate of drug-likeness (QED) is 0.732. The van der Waals surface area contributed by atoms with Gasteiger partial charge in [-0.3, -0.25) is 9.78 Å². The Morgan fingerprint density at radius 2 is 2.19 bits per heavy atom. The Hall–Kier alpha value is -3.88. The van der Waals surface area contributed by atoms with Crippen LogP contribution >= 0.6 is 0 Å². The van der Waals surface area contributed by atoms with E-state index in [1.165, 1.54) is 17.1 Å². The lowest BCUT2D eigenvalue weighted by Gasteiger charge is -2.20. The third kappa shape index (κ3) is 2.93. The molecule has 2 N–H and O–H groups in total. The molecule has 0 saturated carbocycles. The molecule has 9 heteroatoms. The molecule has 0 spiro atoms. The number of carboxylic acids is 1. The lowest BCUT2D eigenvalue weighted by atomic mass is 10.2. The van der Waals surface area contributed by atoms with Crippen LogP contribution in [0.25, 0.3) is 16.9 Å². The van der Waals surface area contributed by atoms with Crippen molar-refractivity contribution >= 4 is 16.9 Å². The number of H-pyrrole nitrogens is 1. The second-order valence-electron chi connectivity index (χ2n) is 5.51. The van der Waals surface area contributed by atoms with Crippen molar-refractivity contribution in [3.63, 3.8) is 0 Å². The topological polar surface area (TPSA) is 113 Å². The van der Waals surface area contributed by atoms with E-state index in [1.807, 2.05) is 18.2 Å². The Balaban J connectivity index is 1.68. The molecule has 1 aliphatic heterocycles. The summed E-state index contributed by atoms with van der Waals surface area (Å²) in [5.41, 5.74) is 0.0644. The van der Waals surface area contributed by atoms with Crippen LogP contribution in [0.3, 0.4) is 0 Å². The number of rotatable bonds is 4. The number of fused-ring (bicyclic) bond motifs is 1. The number of nitrogens with zero attached hydrogens (tertiary/aromatic N) is 4. The monoisotopic (exact) mass is 351 g/mol. The Morgan fingerprint density at radius 1 is 1.31 bits per heavy atom. The van der Waals surface area contributed by atoms with Gasteiger partial charge in [0, 0.05) is 12.4 Å². The largest absolute Gasteiger partial charge is 0.478 e. The number of carboxylic acid groups (broad SMARTS) is 1. The first-order valence-corrected chi connectivity index (χ1v) is 7.70. The van der Waals surface area contributed by atoms with E-state index in [0.717, 1.165) is 0 Å². The van der Waals surface area contributed by atoms with Gasteiger partial charge in [-0.05, 0) is 24.3 Å². The molecule has 3 aromatic rings. The van der Waals surface area contributed by atoms with E-state index < -0.39 is 5.97 Å². The molecule has 0 unspecified atom stereocenters. The van der Waals surface area contributed by atoms with E-state index in [1.54, 1.807) is 29.5 Å². The normalized spacial score (nSPS) is 13.3. The summed E-state index contributed by atoms with van der Waals surface area (Å²) < 4.78 is 1.21. The van der Waals surface area contributed by atoms with Gasteiger partial charge in [0.25, 0.3) is 5.56 Å². The van der Waals surface area contributed by atoms with Crippen LogP contribution in [-0.4, -0.2) is 42.4 Å². The first-order valence-electron chi connectivity index (χ1n) is 7.70. The van der Waals surface area contributed by atoms with E-state index >= 15 is 0 Å². The van der Waals surface area contributed by atoms with Gasteiger partial charge in [0.2, 0.25) is 5.95 Å². The van der Waals surface area contributed by atoms with E-state index in [9.17, 15) is 9.59 Å². The van der Waals surface area contributed by atoms with Crippen LogP contribution in [0.1, 0.15) is 10.4 Å². The van der Waals surface area contributed by atoms with Crippen LogP contribution in [0, 0.1) is 0 Å². The standard InChI is InChI=1S/C17H13N5O4/c23-15-13-8-12(26-21-6-2-1-3-7-21)4-5-14(13)19-17(20-15)22-10-11(9-18-22)16(24)25/h1-6,8-10H,7H2,(H,24,25)(H,19,20,23). The van der Waals surface area contributed by atoms with Crippen LogP contribution in [-0.2, 0) is 0 Å². The zero-order valence-electron chi connectivity index (χ0n) is 13.4. The predicted octanol–water partition coefficient (Wildman–Crippen LogP) is 1.49. The van der Waals surface area contributed by atoms with Crippen LogP contribution in [0.2, 0.25) is 0 Å². The molecular formula is C17H13N5O4. The summed E-state index contributed by atoms with van der Waals surface area (Å²) in [6, 6.07) is 4.97. The number of nitrogens with one attached hydrogen (secondary N) is 1. The molecular weight excluding hydrogens is 338 g/mol. The lowest BCUT2D eigenvalue weighted by molar-refractivity contribution is 0.00370. The fourth-order valence-electron chi connectivity index (χ4n) is 2.47. The number of aromatic nitrogens is 4. The number of hydrogen-bond acceptors (Lipinski definition) is 6. The first kappa shape index (κ1) is 15.6. The van der Waals surface area contributed by atoms with Crippen molar-refractivity contribution in [2.75, 3.05) is 6.54 Å². The fraction of sp³-hybridized carbons (Fsp3) is 0.0588. The van der Waals surface area contributed by atoms with E-state index in [4.69, 9.17) is 9.94 Å². The molecule has 0 bridgehead atoms. The highest BCUT2D eigenvalue weighted by Gasteiger charge is 2.12. The van der Waals surface area contributed by atoms with Crippen LogP contribution in [0.5, 0.6) is 5.75 Å². The molecule has 0 radical (unpaired) electrons. The third-order valence-electron chi connectivity index (χ3n) is 3.72. The van der Waals surface area contributed by atoms with Gasteiger partial charge in [0.1, 0.15) is 0 Å². The Kier molecular flexibility index (Phi) is 3.73. The summed E-state index contributed by atoms with van der Waals surface area (Å²) in [6.07, 6.45) is 9.96. The highest BCUT2D eigenvalue weighted by molar-refractivity contribution is 5.87. The van der Waals surface area contributed by atoms with Crippen molar-refractivity contribution in [2.24, 2.45) is 0 Å². The molecule has 0 saturated heterocycles. The zero-order chi connectivity index (χ0) is 18.1. The van der Waals surface area contributed by atoms with Crippen molar-refractivity contribution < 1.29 is 14.7 Å². The molecule has 1 aliphatic rings. The van der Waals surface area contributed by atoms with Gasteiger partial charge in [0.15, 0.2) is 5.75 Å². The minimum atomic E-state index is -1.11. The zero-order valence-corrected chi connectivity index (χ0v) is 13.4. The van der Waals surface area contributed by atoms with Gasteiger partial charge in [-0.2, -0.15) is 5.10 Å². The molecule has 26 heavy (non-hydrogen) atoms. The predicted molar refractivity (Wildman–Crippen MR) is 92.1 cm³/mol. The number of allylic oxidation sites excluding steroid dienone is 2. The summed E-state index contributed by atoms with van der Waals surface area (Å²) in [4.78, 5) is 36.0. The van der Waals surface area contributed by atoms with E-state index in [2.05, 4.69) is 15.1 Å². The summed E-state index contributed by atoms with van der Waals surface area (Å²) >= 11 is 0. The summed E-state index contributed by atoms with van der Waals surface area (Å²) in [5, 5.41) is 14.9. The van der Waals surface area contributed by atoms with Crippen LogP contribution < -0.4 is 10.4 Å². The van der Waals surface area contributed by atoms with Gasteiger partial charge in [-0.1, -0.05) is 12.2 Å². The molecule has 130 valence electrons. The molecule has 0 fully saturated rings. The number of carbonyl (C=O) groups is 1. The smallest absolute Gasteiger partial charge is 0.338 e. The molecule has 4 rings (SSSR count). The first-order chi connectivity index (χ1) is 12.6.